The fourth-order valence-electron chi connectivity index (χ4n) is 4.26. The van der Waals surface area contributed by atoms with E-state index in [9.17, 15) is 9.90 Å². The maximum atomic E-state index is 12.5. The first kappa shape index (κ1) is 18.0. The molecular weight excluding hydrogens is 342 g/mol. The van der Waals surface area contributed by atoms with E-state index in [2.05, 4.69) is 9.88 Å². The zero-order chi connectivity index (χ0) is 18.8. The van der Waals surface area contributed by atoms with E-state index in [1.54, 1.807) is 13.2 Å². The molecule has 2 N–H and O–H groups in total. The van der Waals surface area contributed by atoms with Crippen LogP contribution in [0.15, 0.2) is 23.0 Å². The second-order valence-electron chi connectivity index (χ2n) is 7.67. The van der Waals surface area contributed by atoms with Gasteiger partial charge in [0.05, 0.1) is 12.8 Å². The molecule has 144 valence electrons. The van der Waals surface area contributed by atoms with E-state index in [1.165, 1.54) is 19.3 Å². The summed E-state index contributed by atoms with van der Waals surface area (Å²) >= 11 is 0. The Morgan fingerprint density at radius 3 is 2.85 bits per heavy atom. The van der Waals surface area contributed by atoms with Crippen LogP contribution in [0.2, 0.25) is 0 Å². The molecule has 2 aromatic rings. The van der Waals surface area contributed by atoms with Gasteiger partial charge in [0, 0.05) is 42.7 Å². The fourth-order valence-corrected chi connectivity index (χ4v) is 4.26. The van der Waals surface area contributed by atoms with E-state index >= 15 is 0 Å². The summed E-state index contributed by atoms with van der Waals surface area (Å²) < 4.78 is 5.15. The number of hydrogen-bond donors (Lipinski definition) is 2. The Hall–Kier alpha value is -2.34. The number of hydrogen-bond acceptors (Lipinski definition) is 5. The average Bonchev–Trinajstić information content (AvgIpc) is 2.70. The molecule has 27 heavy (non-hydrogen) atoms. The molecule has 0 amide bonds. The van der Waals surface area contributed by atoms with Gasteiger partial charge in [-0.05, 0) is 25.3 Å². The molecule has 0 unspecified atom stereocenters. The summed E-state index contributed by atoms with van der Waals surface area (Å²) in [6.07, 6.45) is 6.64. The molecule has 6 nitrogen and oxygen atoms in total. The molecule has 2 aliphatic rings. The van der Waals surface area contributed by atoms with Crippen LogP contribution in [0, 0.1) is 0 Å². The number of aromatic hydroxyl groups is 1. The van der Waals surface area contributed by atoms with Gasteiger partial charge in [0.15, 0.2) is 0 Å². The molecular formula is C21H27N3O3. The van der Waals surface area contributed by atoms with E-state index in [1.807, 2.05) is 12.1 Å². The average molecular weight is 369 g/mol. The third-order valence-corrected chi connectivity index (χ3v) is 5.85. The number of benzene rings is 1. The Morgan fingerprint density at radius 2 is 2.11 bits per heavy atom. The summed E-state index contributed by atoms with van der Waals surface area (Å²) in [5, 5.41) is 10.2. The van der Waals surface area contributed by atoms with Gasteiger partial charge in [-0.15, -0.1) is 0 Å². The SMILES string of the molecule is COc1ccc(CN2CCc3c(nc(C4CCCCC4)[nH]c3=O)C2)c(O)c1. The molecule has 0 radical (unpaired) electrons. The highest BCUT2D eigenvalue weighted by Crippen LogP contribution is 2.31. The highest BCUT2D eigenvalue weighted by atomic mass is 16.5. The maximum Gasteiger partial charge on any atom is 0.254 e. The number of fused-ring (bicyclic) bond motifs is 1. The molecule has 0 spiro atoms. The summed E-state index contributed by atoms with van der Waals surface area (Å²) in [7, 11) is 1.59. The lowest BCUT2D eigenvalue weighted by atomic mass is 9.88. The normalized spacial score (nSPS) is 18.3. The van der Waals surface area contributed by atoms with Crippen LogP contribution in [0.3, 0.4) is 0 Å². The van der Waals surface area contributed by atoms with Crippen molar-refractivity contribution in [2.75, 3.05) is 13.7 Å². The Labute approximate surface area is 159 Å². The minimum absolute atomic E-state index is 0.0347. The lowest BCUT2D eigenvalue weighted by Gasteiger charge is -2.29. The lowest BCUT2D eigenvalue weighted by molar-refractivity contribution is 0.236. The molecule has 6 heteroatoms. The summed E-state index contributed by atoms with van der Waals surface area (Å²) in [5.41, 5.74) is 2.62. The molecule has 0 atom stereocenters. The van der Waals surface area contributed by atoms with Gasteiger partial charge in [-0.2, -0.15) is 0 Å². The number of aromatic amines is 1. The van der Waals surface area contributed by atoms with Gasteiger partial charge in [-0.25, -0.2) is 4.98 Å². The largest absolute Gasteiger partial charge is 0.507 e. The molecule has 1 aromatic heterocycles. The number of phenols is 1. The third-order valence-electron chi connectivity index (χ3n) is 5.85. The summed E-state index contributed by atoms with van der Waals surface area (Å²) in [6.45, 7) is 2.05. The minimum atomic E-state index is 0.0347. The van der Waals surface area contributed by atoms with Crippen LogP contribution in [0.25, 0.3) is 0 Å². The van der Waals surface area contributed by atoms with Crippen LogP contribution in [0.5, 0.6) is 11.5 Å². The maximum absolute atomic E-state index is 12.5. The van der Waals surface area contributed by atoms with Crippen LogP contribution in [0.1, 0.15) is 60.7 Å². The van der Waals surface area contributed by atoms with Crippen LogP contribution in [-0.2, 0) is 19.5 Å². The number of ether oxygens (including phenoxy) is 1. The van der Waals surface area contributed by atoms with Gasteiger partial charge in [-0.1, -0.05) is 25.3 Å². The van der Waals surface area contributed by atoms with Gasteiger partial charge in [0.2, 0.25) is 0 Å². The first-order chi connectivity index (χ1) is 13.1. The molecule has 0 saturated heterocycles. The molecule has 1 saturated carbocycles. The number of nitrogens with zero attached hydrogens (tertiary/aromatic N) is 2. The van der Waals surface area contributed by atoms with Gasteiger partial charge in [0.25, 0.3) is 5.56 Å². The quantitative estimate of drug-likeness (QED) is 0.866. The van der Waals surface area contributed by atoms with Crippen molar-refractivity contribution >= 4 is 0 Å². The zero-order valence-corrected chi connectivity index (χ0v) is 15.8. The molecule has 2 heterocycles. The van der Waals surface area contributed by atoms with Crippen molar-refractivity contribution in [1.29, 1.82) is 0 Å². The molecule has 4 rings (SSSR count). The van der Waals surface area contributed by atoms with E-state index in [0.717, 1.165) is 42.0 Å². The van der Waals surface area contributed by atoms with Crippen molar-refractivity contribution in [2.24, 2.45) is 0 Å². The number of methoxy groups -OCH3 is 1. The predicted molar refractivity (Wildman–Crippen MR) is 103 cm³/mol. The van der Waals surface area contributed by atoms with Crippen molar-refractivity contribution in [3.05, 3.63) is 51.2 Å². The van der Waals surface area contributed by atoms with E-state index in [-0.39, 0.29) is 11.3 Å². The van der Waals surface area contributed by atoms with Crippen LogP contribution >= 0.6 is 0 Å². The van der Waals surface area contributed by atoms with Gasteiger partial charge < -0.3 is 14.8 Å². The molecule has 1 aliphatic heterocycles. The Balaban J connectivity index is 1.53. The number of rotatable bonds is 4. The van der Waals surface area contributed by atoms with Gasteiger partial charge in [-0.3, -0.25) is 9.69 Å². The number of nitrogens with one attached hydrogen (secondary N) is 1. The Kier molecular flexibility index (Phi) is 5.16. The second-order valence-corrected chi connectivity index (χ2v) is 7.67. The Bertz CT molecular complexity index is 871. The van der Waals surface area contributed by atoms with E-state index < -0.39 is 0 Å². The lowest BCUT2D eigenvalue weighted by Crippen LogP contribution is -2.35. The number of aromatic nitrogens is 2. The van der Waals surface area contributed by atoms with Gasteiger partial charge in [0.1, 0.15) is 17.3 Å². The topological polar surface area (TPSA) is 78.5 Å². The smallest absolute Gasteiger partial charge is 0.254 e. The molecule has 1 aromatic carbocycles. The van der Waals surface area contributed by atoms with Gasteiger partial charge >= 0.3 is 0 Å². The summed E-state index contributed by atoms with van der Waals surface area (Å²) in [5.74, 6) is 2.14. The van der Waals surface area contributed by atoms with Crippen molar-refractivity contribution in [2.45, 2.75) is 57.5 Å². The highest BCUT2D eigenvalue weighted by Gasteiger charge is 2.25. The van der Waals surface area contributed by atoms with Crippen LogP contribution in [0.4, 0.5) is 0 Å². The standard InChI is InChI=1S/C21H27N3O3/c1-27-16-8-7-15(19(25)11-16)12-24-10-9-17-18(13-24)22-20(23-21(17)26)14-5-3-2-4-6-14/h7-8,11,14,25H,2-6,9-10,12-13H2,1H3,(H,22,23,26). The van der Waals surface area contributed by atoms with Crippen LogP contribution < -0.4 is 10.3 Å². The monoisotopic (exact) mass is 369 g/mol. The van der Waals surface area contributed by atoms with Crippen molar-refractivity contribution in [3.63, 3.8) is 0 Å². The summed E-state index contributed by atoms with van der Waals surface area (Å²) in [4.78, 5) is 22.7. The van der Waals surface area contributed by atoms with E-state index in [0.29, 0.717) is 31.2 Å². The third kappa shape index (κ3) is 3.86. The van der Waals surface area contributed by atoms with E-state index in [4.69, 9.17) is 9.72 Å². The number of H-pyrrole nitrogens is 1. The number of phenolic OH excluding ortho intramolecular Hbond substituents is 1. The molecule has 0 bridgehead atoms. The van der Waals surface area contributed by atoms with Crippen molar-refractivity contribution in [1.82, 2.24) is 14.9 Å². The molecule has 1 fully saturated rings. The summed E-state index contributed by atoms with van der Waals surface area (Å²) in [6, 6.07) is 5.39. The second kappa shape index (κ2) is 7.72. The fraction of sp³-hybridized carbons (Fsp3) is 0.524. The molecule has 1 aliphatic carbocycles. The Morgan fingerprint density at radius 1 is 1.30 bits per heavy atom. The van der Waals surface area contributed by atoms with Crippen molar-refractivity contribution in [3.8, 4) is 11.5 Å². The first-order valence-corrected chi connectivity index (χ1v) is 9.84. The van der Waals surface area contributed by atoms with Crippen LogP contribution in [-0.4, -0.2) is 33.6 Å². The first-order valence-electron chi connectivity index (χ1n) is 9.84. The highest BCUT2D eigenvalue weighted by molar-refractivity contribution is 5.39. The predicted octanol–water partition coefficient (Wildman–Crippen LogP) is 3.09. The van der Waals surface area contributed by atoms with Crippen molar-refractivity contribution < 1.29 is 9.84 Å². The minimum Gasteiger partial charge on any atom is -0.507 e. The zero-order valence-electron chi connectivity index (χ0n) is 15.8.